The van der Waals surface area contributed by atoms with Crippen molar-refractivity contribution in [3.8, 4) is 5.75 Å². The minimum atomic E-state index is -2.99. The Kier molecular flexibility index (Phi) is 4.66. The quantitative estimate of drug-likeness (QED) is 0.884. The van der Waals surface area contributed by atoms with Crippen LogP contribution < -0.4 is 15.4 Å². The number of thioether (sulfide) groups is 1. The van der Waals surface area contributed by atoms with Crippen molar-refractivity contribution in [2.75, 3.05) is 16.4 Å². The predicted molar refractivity (Wildman–Crippen MR) is 86.8 cm³/mol. The van der Waals surface area contributed by atoms with Crippen LogP contribution in [-0.2, 0) is 4.79 Å². The number of para-hydroxylation sites is 2. The molecule has 0 unspecified atom stereocenters. The maximum absolute atomic E-state index is 12.4. The van der Waals surface area contributed by atoms with Gasteiger partial charge in [0, 0.05) is 10.5 Å². The average Bonchev–Trinajstić information content (AvgIpc) is 2.55. The highest BCUT2D eigenvalue weighted by Gasteiger charge is 2.18. The molecule has 5 nitrogen and oxygen atoms in total. The number of benzene rings is 2. The third-order valence-electron chi connectivity index (χ3n) is 3.23. The van der Waals surface area contributed by atoms with Crippen molar-refractivity contribution in [3.05, 3.63) is 48.0 Å². The van der Waals surface area contributed by atoms with Crippen LogP contribution in [0.3, 0.4) is 0 Å². The molecule has 1 aliphatic rings. The number of fused-ring (bicyclic) bond motifs is 1. The zero-order valence-corrected chi connectivity index (χ0v) is 13.0. The smallest absolute Gasteiger partial charge is 0.387 e. The molecule has 0 saturated heterocycles. The second-order valence-electron chi connectivity index (χ2n) is 4.88. The minimum Gasteiger partial charge on any atom is -0.433 e. The lowest BCUT2D eigenvalue weighted by Gasteiger charge is -2.17. The van der Waals surface area contributed by atoms with Gasteiger partial charge in [-0.15, -0.1) is 11.8 Å². The molecule has 0 aliphatic carbocycles. The monoisotopic (exact) mass is 350 g/mol. The van der Waals surface area contributed by atoms with Crippen LogP contribution in [0.5, 0.6) is 5.75 Å². The van der Waals surface area contributed by atoms with Crippen LogP contribution >= 0.6 is 11.8 Å². The second-order valence-corrected chi connectivity index (χ2v) is 5.89. The molecule has 0 spiro atoms. The van der Waals surface area contributed by atoms with Crippen molar-refractivity contribution in [2.45, 2.75) is 11.5 Å². The second kappa shape index (κ2) is 6.88. The molecule has 0 aromatic heterocycles. The van der Waals surface area contributed by atoms with Gasteiger partial charge in [-0.1, -0.05) is 12.1 Å². The maximum Gasteiger partial charge on any atom is 0.387 e. The topological polar surface area (TPSA) is 67.4 Å². The Hall–Kier alpha value is -2.61. The Morgan fingerprint density at radius 1 is 1.25 bits per heavy atom. The van der Waals surface area contributed by atoms with Crippen LogP contribution in [0, 0.1) is 0 Å². The Labute approximate surface area is 140 Å². The zero-order chi connectivity index (χ0) is 17.1. The predicted octanol–water partition coefficient (Wildman–Crippen LogP) is 3.58. The first-order chi connectivity index (χ1) is 11.5. The number of ether oxygens (including phenoxy) is 1. The summed E-state index contributed by atoms with van der Waals surface area (Å²) in [4.78, 5) is 24.6. The molecule has 0 radical (unpaired) electrons. The summed E-state index contributed by atoms with van der Waals surface area (Å²) in [5, 5.41) is 5.23. The van der Waals surface area contributed by atoms with Crippen molar-refractivity contribution < 1.29 is 23.1 Å². The zero-order valence-electron chi connectivity index (χ0n) is 12.2. The molecule has 3 rings (SSSR count). The van der Waals surface area contributed by atoms with E-state index in [4.69, 9.17) is 0 Å². The lowest BCUT2D eigenvalue weighted by Crippen LogP contribution is -2.20. The van der Waals surface area contributed by atoms with Crippen molar-refractivity contribution in [3.63, 3.8) is 0 Å². The number of rotatable bonds is 4. The molecule has 2 aromatic carbocycles. The molecule has 1 aliphatic heterocycles. The number of hydrogen-bond acceptors (Lipinski definition) is 4. The van der Waals surface area contributed by atoms with Gasteiger partial charge in [0.25, 0.3) is 5.91 Å². The molecule has 0 bridgehead atoms. The summed E-state index contributed by atoms with van der Waals surface area (Å²) < 4.78 is 29.2. The van der Waals surface area contributed by atoms with Gasteiger partial charge in [0.15, 0.2) is 0 Å². The molecular weight excluding hydrogens is 338 g/mol. The normalized spacial score (nSPS) is 13.2. The number of nitrogens with one attached hydrogen (secondary N) is 2. The van der Waals surface area contributed by atoms with Gasteiger partial charge in [0.2, 0.25) is 5.91 Å². The van der Waals surface area contributed by atoms with Gasteiger partial charge in [0.1, 0.15) is 5.75 Å². The molecule has 0 fully saturated rings. The minimum absolute atomic E-state index is 0.123. The van der Waals surface area contributed by atoms with E-state index >= 15 is 0 Å². The van der Waals surface area contributed by atoms with E-state index < -0.39 is 12.5 Å². The van der Waals surface area contributed by atoms with E-state index in [0.717, 1.165) is 4.90 Å². The summed E-state index contributed by atoms with van der Waals surface area (Å²) in [6.07, 6.45) is 0. The molecule has 1 heterocycles. The SMILES string of the molecule is O=C1CSc2ccc(C(=O)Nc3ccccc3OC(F)F)cc2N1. The molecule has 2 aromatic rings. The summed E-state index contributed by atoms with van der Waals surface area (Å²) in [5.41, 5.74) is 0.989. The van der Waals surface area contributed by atoms with Crippen LogP contribution in [0.4, 0.5) is 20.2 Å². The fourth-order valence-corrected chi connectivity index (χ4v) is 2.98. The van der Waals surface area contributed by atoms with E-state index in [1.165, 1.54) is 30.0 Å². The van der Waals surface area contributed by atoms with Gasteiger partial charge in [-0.2, -0.15) is 8.78 Å². The third kappa shape index (κ3) is 3.65. The van der Waals surface area contributed by atoms with Gasteiger partial charge < -0.3 is 15.4 Å². The van der Waals surface area contributed by atoms with Gasteiger partial charge in [-0.05, 0) is 30.3 Å². The fraction of sp³-hybridized carbons (Fsp3) is 0.125. The van der Waals surface area contributed by atoms with E-state index in [1.54, 1.807) is 24.3 Å². The van der Waals surface area contributed by atoms with Gasteiger partial charge in [-0.25, -0.2) is 0 Å². The maximum atomic E-state index is 12.4. The highest BCUT2D eigenvalue weighted by Crippen LogP contribution is 2.32. The molecule has 24 heavy (non-hydrogen) atoms. The summed E-state index contributed by atoms with van der Waals surface area (Å²) in [6.45, 7) is -2.99. The fourth-order valence-electron chi connectivity index (χ4n) is 2.19. The summed E-state index contributed by atoms with van der Waals surface area (Å²) in [6, 6.07) is 10.8. The van der Waals surface area contributed by atoms with Crippen LogP contribution in [0.2, 0.25) is 0 Å². The first-order valence-corrected chi connectivity index (χ1v) is 7.93. The van der Waals surface area contributed by atoms with Gasteiger partial charge in [-0.3, -0.25) is 9.59 Å². The number of alkyl halides is 2. The van der Waals surface area contributed by atoms with Crippen LogP contribution in [0.1, 0.15) is 10.4 Å². The molecular formula is C16H12F2N2O3S. The van der Waals surface area contributed by atoms with Gasteiger partial charge >= 0.3 is 6.61 Å². The third-order valence-corrected chi connectivity index (χ3v) is 4.30. The number of anilines is 2. The van der Waals surface area contributed by atoms with Crippen molar-refractivity contribution >= 4 is 35.0 Å². The van der Waals surface area contributed by atoms with Crippen molar-refractivity contribution in [1.29, 1.82) is 0 Å². The standard InChI is InChI=1S/C16H12F2N2O3S/c17-16(18)23-12-4-2-1-3-10(12)20-15(22)9-5-6-13-11(7-9)19-14(21)8-24-13/h1-7,16H,8H2,(H,19,21)(H,20,22). The van der Waals surface area contributed by atoms with E-state index in [1.807, 2.05) is 0 Å². The van der Waals surface area contributed by atoms with E-state index in [0.29, 0.717) is 17.0 Å². The van der Waals surface area contributed by atoms with E-state index in [2.05, 4.69) is 15.4 Å². The Balaban J connectivity index is 1.81. The van der Waals surface area contributed by atoms with E-state index in [9.17, 15) is 18.4 Å². The average molecular weight is 350 g/mol. The highest BCUT2D eigenvalue weighted by atomic mass is 32.2. The Bertz CT molecular complexity index is 799. The number of carbonyl (C=O) groups is 2. The molecule has 8 heteroatoms. The van der Waals surface area contributed by atoms with Gasteiger partial charge in [0.05, 0.1) is 17.1 Å². The molecule has 124 valence electrons. The van der Waals surface area contributed by atoms with Crippen LogP contribution in [0.25, 0.3) is 0 Å². The van der Waals surface area contributed by atoms with Crippen LogP contribution in [0.15, 0.2) is 47.4 Å². The van der Waals surface area contributed by atoms with Crippen LogP contribution in [-0.4, -0.2) is 24.2 Å². The Morgan fingerprint density at radius 3 is 2.83 bits per heavy atom. The summed E-state index contributed by atoms with van der Waals surface area (Å²) >= 11 is 1.38. The van der Waals surface area contributed by atoms with Crippen molar-refractivity contribution in [1.82, 2.24) is 0 Å². The molecule has 0 saturated carbocycles. The number of hydrogen-bond donors (Lipinski definition) is 2. The van der Waals surface area contributed by atoms with E-state index in [-0.39, 0.29) is 17.3 Å². The first kappa shape index (κ1) is 16.3. The molecule has 0 atom stereocenters. The lowest BCUT2D eigenvalue weighted by atomic mass is 10.1. The lowest BCUT2D eigenvalue weighted by molar-refractivity contribution is -0.113. The number of amides is 2. The molecule has 2 amide bonds. The summed E-state index contributed by atoms with van der Waals surface area (Å²) in [7, 11) is 0. The Morgan fingerprint density at radius 2 is 2.04 bits per heavy atom. The number of carbonyl (C=O) groups excluding carboxylic acids is 2. The molecule has 2 N–H and O–H groups in total. The first-order valence-electron chi connectivity index (χ1n) is 6.95. The highest BCUT2D eigenvalue weighted by molar-refractivity contribution is 8.00. The number of halogens is 2. The summed E-state index contributed by atoms with van der Waals surface area (Å²) in [5.74, 6) is -0.423. The largest absolute Gasteiger partial charge is 0.433 e. The van der Waals surface area contributed by atoms with Crippen molar-refractivity contribution in [2.24, 2.45) is 0 Å².